The maximum absolute atomic E-state index is 11.4. The van der Waals surface area contributed by atoms with E-state index in [0.29, 0.717) is 13.1 Å². The van der Waals surface area contributed by atoms with Crippen LogP contribution in [0, 0.1) is 5.92 Å². The smallest absolute Gasteiger partial charge is 0.222 e. The molecular weight excluding hydrogens is 379 g/mol. The van der Waals surface area contributed by atoms with E-state index in [0.717, 1.165) is 12.5 Å². The van der Waals surface area contributed by atoms with Crippen LogP contribution in [0.4, 0.5) is 0 Å². The van der Waals surface area contributed by atoms with Gasteiger partial charge in [0.1, 0.15) is 0 Å². The minimum Gasteiger partial charge on any atom is -0.355 e. The molecule has 0 aromatic heterocycles. The molecule has 0 saturated heterocycles. The van der Waals surface area contributed by atoms with E-state index in [1.807, 2.05) is 32.0 Å². The van der Waals surface area contributed by atoms with E-state index in [2.05, 4.69) is 33.1 Å². The Morgan fingerprint density at radius 1 is 1.10 bits per heavy atom. The van der Waals surface area contributed by atoms with Crippen molar-refractivity contribution in [1.29, 1.82) is 0 Å². The highest BCUT2D eigenvalue weighted by atomic mass is 127. The number of nitrogens with one attached hydrogen (secondary N) is 3. The zero-order valence-corrected chi connectivity index (χ0v) is 15.2. The number of rotatable bonds is 6. The first-order valence-electron chi connectivity index (χ1n) is 6.89. The summed E-state index contributed by atoms with van der Waals surface area (Å²) in [4.78, 5) is 15.5. The molecular formula is C15H25IN4O. The second-order valence-corrected chi connectivity index (χ2v) is 4.78. The molecule has 0 radical (unpaired) electrons. The van der Waals surface area contributed by atoms with Crippen molar-refractivity contribution in [3.63, 3.8) is 0 Å². The Labute approximate surface area is 144 Å². The fraction of sp³-hybridized carbons (Fsp3) is 0.467. The second kappa shape index (κ2) is 11.4. The lowest BCUT2D eigenvalue weighted by atomic mass is 10.2. The molecule has 0 aliphatic rings. The predicted octanol–water partition coefficient (Wildman–Crippen LogP) is 1.74. The number of halogens is 1. The molecule has 0 saturated carbocycles. The minimum atomic E-state index is 0. The zero-order chi connectivity index (χ0) is 14.8. The maximum Gasteiger partial charge on any atom is 0.222 e. The molecule has 6 heteroatoms. The lowest BCUT2D eigenvalue weighted by molar-refractivity contribution is -0.123. The standard InChI is InChI=1S/C15H24N4O.HI/c1-12(2)14(20)17-9-10-18-15(16-3)19-11-13-7-5-4-6-8-13;/h4-8,12H,9-11H2,1-3H3,(H,17,20)(H2,16,18,19);1H. The molecule has 1 rings (SSSR count). The number of guanidine groups is 1. The predicted molar refractivity (Wildman–Crippen MR) is 97.9 cm³/mol. The van der Waals surface area contributed by atoms with Crippen molar-refractivity contribution in [2.24, 2.45) is 10.9 Å². The van der Waals surface area contributed by atoms with Crippen LogP contribution in [0.1, 0.15) is 19.4 Å². The van der Waals surface area contributed by atoms with Crippen molar-refractivity contribution in [2.45, 2.75) is 20.4 Å². The van der Waals surface area contributed by atoms with Crippen molar-refractivity contribution in [3.05, 3.63) is 35.9 Å². The highest BCUT2D eigenvalue weighted by Crippen LogP contribution is 1.96. The van der Waals surface area contributed by atoms with Gasteiger partial charge in [-0.05, 0) is 5.56 Å². The highest BCUT2D eigenvalue weighted by molar-refractivity contribution is 14.0. The highest BCUT2D eigenvalue weighted by Gasteiger charge is 2.05. The Balaban J connectivity index is 0.00000400. The Kier molecular flexibility index (Phi) is 10.7. The van der Waals surface area contributed by atoms with E-state index in [9.17, 15) is 4.79 Å². The fourth-order valence-electron chi connectivity index (χ4n) is 1.57. The molecule has 0 atom stereocenters. The minimum absolute atomic E-state index is 0. The monoisotopic (exact) mass is 404 g/mol. The van der Waals surface area contributed by atoms with Gasteiger partial charge in [-0.3, -0.25) is 9.79 Å². The van der Waals surface area contributed by atoms with Gasteiger partial charge in [0.15, 0.2) is 5.96 Å². The van der Waals surface area contributed by atoms with Crippen LogP contribution in [0.5, 0.6) is 0 Å². The quantitative estimate of drug-likeness (QED) is 0.293. The summed E-state index contributed by atoms with van der Waals surface area (Å²) in [6.07, 6.45) is 0. The Hall–Kier alpha value is -1.31. The Morgan fingerprint density at radius 2 is 1.71 bits per heavy atom. The van der Waals surface area contributed by atoms with Crippen LogP contribution in [0.15, 0.2) is 35.3 Å². The average Bonchev–Trinajstić information content (AvgIpc) is 2.47. The lowest BCUT2D eigenvalue weighted by Crippen LogP contribution is -2.41. The van der Waals surface area contributed by atoms with Gasteiger partial charge in [-0.25, -0.2) is 0 Å². The molecule has 0 aliphatic carbocycles. The van der Waals surface area contributed by atoms with Gasteiger partial charge >= 0.3 is 0 Å². The normalized spacial score (nSPS) is 10.8. The molecule has 1 aromatic carbocycles. The molecule has 0 unspecified atom stereocenters. The van der Waals surface area contributed by atoms with Crippen LogP contribution < -0.4 is 16.0 Å². The average molecular weight is 404 g/mol. The third kappa shape index (κ3) is 8.54. The number of aliphatic imine (C=N–C) groups is 1. The summed E-state index contributed by atoms with van der Waals surface area (Å²) in [5, 5.41) is 9.23. The Morgan fingerprint density at radius 3 is 2.29 bits per heavy atom. The van der Waals surface area contributed by atoms with Crippen LogP contribution in [0.3, 0.4) is 0 Å². The third-order valence-corrected chi connectivity index (χ3v) is 2.77. The van der Waals surface area contributed by atoms with Gasteiger partial charge in [-0.1, -0.05) is 44.2 Å². The molecule has 0 spiro atoms. The molecule has 0 bridgehead atoms. The SMILES string of the molecule is CN=C(NCCNC(=O)C(C)C)NCc1ccccc1.I. The largest absolute Gasteiger partial charge is 0.355 e. The summed E-state index contributed by atoms with van der Waals surface area (Å²) in [5.74, 6) is 0.817. The van der Waals surface area contributed by atoms with Crippen molar-refractivity contribution in [3.8, 4) is 0 Å². The second-order valence-electron chi connectivity index (χ2n) is 4.78. The summed E-state index contributed by atoms with van der Waals surface area (Å²) in [6.45, 7) is 5.71. The summed E-state index contributed by atoms with van der Waals surface area (Å²) >= 11 is 0. The van der Waals surface area contributed by atoms with Crippen molar-refractivity contribution in [2.75, 3.05) is 20.1 Å². The van der Waals surface area contributed by atoms with E-state index >= 15 is 0 Å². The zero-order valence-electron chi connectivity index (χ0n) is 12.8. The number of nitrogens with zero attached hydrogens (tertiary/aromatic N) is 1. The number of hydrogen-bond donors (Lipinski definition) is 3. The molecule has 21 heavy (non-hydrogen) atoms. The van der Waals surface area contributed by atoms with Gasteiger partial charge in [0.25, 0.3) is 0 Å². The van der Waals surface area contributed by atoms with E-state index in [1.54, 1.807) is 7.05 Å². The molecule has 0 aliphatic heterocycles. The van der Waals surface area contributed by atoms with Crippen LogP contribution in [-0.4, -0.2) is 32.0 Å². The van der Waals surface area contributed by atoms with Gasteiger partial charge < -0.3 is 16.0 Å². The third-order valence-electron chi connectivity index (χ3n) is 2.77. The van der Waals surface area contributed by atoms with Crippen LogP contribution in [0.25, 0.3) is 0 Å². The summed E-state index contributed by atoms with van der Waals surface area (Å²) in [5.41, 5.74) is 1.20. The fourth-order valence-corrected chi connectivity index (χ4v) is 1.57. The number of hydrogen-bond acceptors (Lipinski definition) is 2. The first-order valence-corrected chi connectivity index (χ1v) is 6.89. The summed E-state index contributed by atoms with van der Waals surface area (Å²) < 4.78 is 0. The van der Waals surface area contributed by atoms with E-state index in [1.165, 1.54) is 5.56 Å². The van der Waals surface area contributed by atoms with E-state index in [-0.39, 0.29) is 35.8 Å². The molecule has 0 fully saturated rings. The molecule has 0 heterocycles. The van der Waals surface area contributed by atoms with E-state index in [4.69, 9.17) is 0 Å². The van der Waals surface area contributed by atoms with Crippen LogP contribution >= 0.6 is 24.0 Å². The maximum atomic E-state index is 11.4. The van der Waals surface area contributed by atoms with Gasteiger partial charge in [0.05, 0.1) is 0 Å². The van der Waals surface area contributed by atoms with Gasteiger partial charge in [0, 0.05) is 32.6 Å². The van der Waals surface area contributed by atoms with Crippen LogP contribution in [-0.2, 0) is 11.3 Å². The number of benzene rings is 1. The Bertz CT molecular complexity index is 435. The number of carbonyl (C=O) groups excluding carboxylic acids is 1. The number of amides is 1. The lowest BCUT2D eigenvalue weighted by Gasteiger charge is -2.13. The van der Waals surface area contributed by atoms with Crippen molar-refractivity contribution < 1.29 is 4.79 Å². The first-order chi connectivity index (χ1) is 9.63. The molecule has 1 aromatic rings. The van der Waals surface area contributed by atoms with Crippen molar-refractivity contribution >= 4 is 35.8 Å². The van der Waals surface area contributed by atoms with Gasteiger partial charge in [-0.2, -0.15) is 0 Å². The molecule has 3 N–H and O–H groups in total. The molecule has 118 valence electrons. The topological polar surface area (TPSA) is 65.5 Å². The van der Waals surface area contributed by atoms with E-state index < -0.39 is 0 Å². The van der Waals surface area contributed by atoms with Gasteiger partial charge in [0.2, 0.25) is 5.91 Å². The summed E-state index contributed by atoms with van der Waals surface area (Å²) in [6, 6.07) is 10.1. The molecule has 1 amide bonds. The van der Waals surface area contributed by atoms with Crippen LogP contribution in [0.2, 0.25) is 0 Å². The summed E-state index contributed by atoms with van der Waals surface area (Å²) in [7, 11) is 1.73. The molecule has 5 nitrogen and oxygen atoms in total. The van der Waals surface area contributed by atoms with Gasteiger partial charge in [-0.15, -0.1) is 24.0 Å². The number of carbonyl (C=O) groups is 1. The first kappa shape index (κ1) is 19.7. The van der Waals surface area contributed by atoms with Crippen molar-refractivity contribution in [1.82, 2.24) is 16.0 Å².